The molecule has 1 fully saturated rings. The van der Waals surface area contributed by atoms with E-state index in [1.165, 1.54) is 10.5 Å². The normalized spacial score (nSPS) is 19.3. The van der Waals surface area contributed by atoms with E-state index in [2.05, 4.69) is 5.32 Å². The van der Waals surface area contributed by atoms with Gasteiger partial charge in [0, 0.05) is 11.6 Å². The fourth-order valence-electron chi connectivity index (χ4n) is 3.55. The maximum absolute atomic E-state index is 12.8. The van der Waals surface area contributed by atoms with Gasteiger partial charge in [-0.1, -0.05) is 12.8 Å². The lowest BCUT2D eigenvalue weighted by atomic mass is 9.84. The maximum Gasteiger partial charge on any atom is 0.308 e. The molecule has 1 amide bonds. The van der Waals surface area contributed by atoms with Crippen LogP contribution < -0.4 is 21.3 Å². The van der Waals surface area contributed by atoms with Gasteiger partial charge in [-0.25, -0.2) is 0 Å². The number of rotatable bonds is 7. The minimum absolute atomic E-state index is 0.0219. The van der Waals surface area contributed by atoms with Crippen LogP contribution in [-0.2, 0) is 4.79 Å². The van der Waals surface area contributed by atoms with Gasteiger partial charge >= 0.3 is 5.97 Å². The van der Waals surface area contributed by atoms with E-state index in [0.29, 0.717) is 43.7 Å². The largest absolute Gasteiger partial charge is 0.492 e. The first kappa shape index (κ1) is 19.9. The van der Waals surface area contributed by atoms with Crippen LogP contribution in [0.1, 0.15) is 42.5 Å². The highest BCUT2D eigenvalue weighted by Gasteiger charge is 2.32. The number of carbonyl (C=O) groups is 2. The van der Waals surface area contributed by atoms with Crippen LogP contribution in [0.5, 0.6) is 5.75 Å². The molecule has 0 spiro atoms. The molecule has 0 radical (unpaired) electrons. The number of aromatic nitrogens is 1. The number of fused-ring (bicyclic) bond motifs is 1. The zero-order valence-electron chi connectivity index (χ0n) is 15.6. The summed E-state index contributed by atoms with van der Waals surface area (Å²) in [6, 6.07) is 6.17. The van der Waals surface area contributed by atoms with Gasteiger partial charge in [0.05, 0.1) is 18.7 Å². The van der Waals surface area contributed by atoms with Gasteiger partial charge in [0.15, 0.2) is 0 Å². The second kappa shape index (κ2) is 8.88. The molecule has 8 nitrogen and oxygen atoms in total. The third-order valence-corrected chi connectivity index (χ3v) is 5.08. The lowest BCUT2D eigenvalue weighted by Crippen LogP contribution is -2.46. The van der Waals surface area contributed by atoms with Crippen molar-refractivity contribution in [3.8, 4) is 5.75 Å². The first-order valence-corrected chi connectivity index (χ1v) is 9.53. The molecule has 3 rings (SSSR count). The molecule has 4 N–H and O–H groups in total. The summed E-state index contributed by atoms with van der Waals surface area (Å²) in [6.07, 6.45) is 5.05. The number of aliphatic carboxylic acids is 1. The smallest absolute Gasteiger partial charge is 0.308 e. The number of nitrogens with zero attached hydrogens (tertiary/aromatic N) is 1. The molecule has 2 heterocycles. The van der Waals surface area contributed by atoms with E-state index in [4.69, 9.17) is 10.5 Å². The summed E-state index contributed by atoms with van der Waals surface area (Å²) in [5, 5.41) is 12.1. The molecule has 2 aromatic heterocycles. The first-order valence-electron chi connectivity index (χ1n) is 9.53. The van der Waals surface area contributed by atoms with Crippen molar-refractivity contribution < 1.29 is 19.4 Å². The third-order valence-electron chi connectivity index (χ3n) is 5.08. The molecule has 1 aliphatic rings. The number of hydrogen-bond donors (Lipinski definition) is 3. The number of nitrogens with two attached hydrogens (primary N) is 1. The predicted octanol–water partition coefficient (Wildman–Crippen LogP) is 1.40. The quantitative estimate of drug-likeness (QED) is 0.617. The Balaban J connectivity index is 1.83. The maximum atomic E-state index is 12.8. The molecule has 150 valence electrons. The lowest BCUT2D eigenvalue weighted by molar-refractivity contribution is -0.143. The Labute approximate surface area is 162 Å². The molecule has 0 aliphatic heterocycles. The van der Waals surface area contributed by atoms with Crippen LogP contribution >= 0.6 is 0 Å². The van der Waals surface area contributed by atoms with Crippen LogP contribution in [0.2, 0.25) is 0 Å². The third kappa shape index (κ3) is 4.33. The summed E-state index contributed by atoms with van der Waals surface area (Å²) >= 11 is 0. The van der Waals surface area contributed by atoms with Crippen molar-refractivity contribution in [3.63, 3.8) is 0 Å². The number of hydrogen-bond acceptors (Lipinski definition) is 5. The van der Waals surface area contributed by atoms with Gasteiger partial charge < -0.3 is 20.9 Å². The van der Waals surface area contributed by atoms with E-state index in [0.717, 1.165) is 12.8 Å². The van der Waals surface area contributed by atoms with Crippen LogP contribution in [-0.4, -0.2) is 40.6 Å². The second-order valence-electron chi connectivity index (χ2n) is 7.01. The van der Waals surface area contributed by atoms with E-state index in [9.17, 15) is 19.5 Å². The molecule has 2 atom stereocenters. The van der Waals surface area contributed by atoms with E-state index in [1.54, 1.807) is 24.4 Å². The predicted molar refractivity (Wildman–Crippen MR) is 104 cm³/mol. The standard InChI is InChI=1S/C20H25N3O5/c21-10-3-11-28-14-8-6-13-7-9-16(19(25)23(13)12-14)18(24)22-17-5-2-1-4-15(17)20(26)27/h6-9,12,15,17H,1-5,10-11,21H2,(H,22,24)(H,26,27)/t15-,17-/m0/s1. The lowest BCUT2D eigenvalue weighted by Gasteiger charge is -2.29. The van der Waals surface area contributed by atoms with Gasteiger partial charge in [-0.3, -0.25) is 18.8 Å². The van der Waals surface area contributed by atoms with Crippen molar-refractivity contribution in [1.82, 2.24) is 9.72 Å². The topological polar surface area (TPSA) is 123 Å². The van der Waals surface area contributed by atoms with Gasteiger partial charge in [0.2, 0.25) is 0 Å². The molecule has 0 aromatic carbocycles. The Bertz CT molecular complexity index is 924. The molecule has 28 heavy (non-hydrogen) atoms. The monoisotopic (exact) mass is 387 g/mol. The highest BCUT2D eigenvalue weighted by molar-refractivity contribution is 5.94. The highest BCUT2D eigenvalue weighted by Crippen LogP contribution is 2.25. The van der Waals surface area contributed by atoms with Crippen LogP contribution in [0, 0.1) is 5.92 Å². The number of carboxylic acid groups (broad SMARTS) is 1. The Hall–Kier alpha value is -2.87. The van der Waals surface area contributed by atoms with Crippen molar-refractivity contribution in [2.75, 3.05) is 13.2 Å². The number of pyridine rings is 2. The fraction of sp³-hybridized carbons (Fsp3) is 0.450. The molecule has 8 heteroatoms. The summed E-state index contributed by atoms with van der Waals surface area (Å²) in [6.45, 7) is 0.950. The first-order chi connectivity index (χ1) is 13.5. The van der Waals surface area contributed by atoms with E-state index < -0.39 is 29.4 Å². The van der Waals surface area contributed by atoms with Crippen LogP contribution in [0.4, 0.5) is 0 Å². The number of nitrogens with one attached hydrogen (secondary N) is 1. The summed E-state index contributed by atoms with van der Waals surface area (Å²) in [5.74, 6) is -1.58. The average Bonchev–Trinajstić information content (AvgIpc) is 2.69. The van der Waals surface area contributed by atoms with Crippen molar-refractivity contribution in [1.29, 1.82) is 0 Å². The summed E-state index contributed by atoms with van der Waals surface area (Å²) in [5.41, 5.74) is 5.59. The highest BCUT2D eigenvalue weighted by atomic mass is 16.5. The van der Waals surface area contributed by atoms with Crippen LogP contribution in [0.25, 0.3) is 5.52 Å². The zero-order chi connectivity index (χ0) is 20.1. The van der Waals surface area contributed by atoms with E-state index >= 15 is 0 Å². The molecular formula is C20H25N3O5. The van der Waals surface area contributed by atoms with Gasteiger partial charge in [-0.2, -0.15) is 0 Å². The zero-order valence-corrected chi connectivity index (χ0v) is 15.6. The Morgan fingerprint density at radius 1 is 1.21 bits per heavy atom. The van der Waals surface area contributed by atoms with E-state index in [1.807, 2.05) is 0 Å². The Morgan fingerprint density at radius 3 is 2.71 bits per heavy atom. The van der Waals surface area contributed by atoms with E-state index in [-0.39, 0.29) is 5.56 Å². The average molecular weight is 387 g/mol. The number of carbonyl (C=O) groups excluding carboxylic acids is 1. The summed E-state index contributed by atoms with van der Waals surface area (Å²) in [4.78, 5) is 36.9. The Kier molecular flexibility index (Phi) is 6.30. The second-order valence-corrected chi connectivity index (χ2v) is 7.01. The van der Waals surface area contributed by atoms with Crippen molar-refractivity contribution in [3.05, 3.63) is 46.4 Å². The van der Waals surface area contributed by atoms with Crippen LogP contribution in [0.3, 0.4) is 0 Å². The minimum atomic E-state index is -0.917. The minimum Gasteiger partial charge on any atom is -0.492 e. The SMILES string of the molecule is NCCCOc1ccc2ccc(C(=O)N[C@H]3CCCC[C@@H]3C(=O)O)c(=O)n2c1. The van der Waals surface area contributed by atoms with Crippen LogP contribution in [0.15, 0.2) is 35.3 Å². The molecule has 2 aromatic rings. The van der Waals surface area contributed by atoms with Gasteiger partial charge in [0.25, 0.3) is 11.5 Å². The molecule has 0 unspecified atom stereocenters. The molecule has 0 saturated heterocycles. The molecule has 1 aliphatic carbocycles. The van der Waals surface area contributed by atoms with Crippen molar-refractivity contribution in [2.24, 2.45) is 11.7 Å². The Morgan fingerprint density at radius 2 is 1.96 bits per heavy atom. The van der Waals surface area contributed by atoms with Gasteiger partial charge in [-0.15, -0.1) is 0 Å². The van der Waals surface area contributed by atoms with Gasteiger partial charge in [-0.05, 0) is 50.1 Å². The fourth-order valence-corrected chi connectivity index (χ4v) is 3.55. The number of ether oxygens (including phenoxy) is 1. The molecule has 1 saturated carbocycles. The summed E-state index contributed by atoms with van der Waals surface area (Å²) in [7, 11) is 0. The summed E-state index contributed by atoms with van der Waals surface area (Å²) < 4.78 is 6.93. The van der Waals surface area contributed by atoms with Crippen molar-refractivity contribution in [2.45, 2.75) is 38.1 Å². The van der Waals surface area contributed by atoms with Gasteiger partial charge in [0.1, 0.15) is 11.3 Å². The molecular weight excluding hydrogens is 362 g/mol. The molecule has 0 bridgehead atoms. The number of carboxylic acids is 1. The number of amides is 1. The van der Waals surface area contributed by atoms with Crippen molar-refractivity contribution >= 4 is 17.4 Å².